The molecule has 1 amide bonds. The Labute approximate surface area is 118 Å². The van der Waals surface area contributed by atoms with Crippen molar-refractivity contribution in [2.75, 3.05) is 19.6 Å². The minimum atomic E-state index is 0.0229. The van der Waals surface area contributed by atoms with Crippen LogP contribution in [0.5, 0.6) is 0 Å². The van der Waals surface area contributed by atoms with Gasteiger partial charge in [-0.15, -0.1) is 0 Å². The second kappa shape index (κ2) is 7.88. The van der Waals surface area contributed by atoms with Gasteiger partial charge in [0.1, 0.15) is 0 Å². The molecule has 0 heterocycles. The van der Waals surface area contributed by atoms with E-state index in [-0.39, 0.29) is 5.41 Å². The van der Waals surface area contributed by atoms with Crippen LogP contribution in [0.3, 0.4) is 0 Å². The second-order valence-corrected chi connectivity index (χ2v) is 6.84. The van der Waals surface area contributed by atoms with Crippen molar-refractivity contribution in [3.63, 3.8) is 0 Å². The molecule has 0 radical (unpaired) electrons. The van der Waals surface area contributed by atoms with Gasteiger partial charge in [-0.05, 0) is 37.6 Å². The number of amides is 1. The highest BCUT2D eigenvalue weighted by atomic mass is 16.2. The minimum absolute atomic E-state index is 0.0229. The molecule has 2 N–H and O–H groups in total. The lowest BCUT2D eigenvalue weighted by molar-refractivity contribution is -0.133. The molecular formula is C16H32N2O. The molecule has 0 aromatic rings. The van der Waals surface area contributed by atoms with Crippen molar-refractivity contribution in [3.8, 4) is 0 Å². The molecule has 0 aromatic carbocycles. The Morgan fingerprint density at radius 2 is 1.79 bits per heavy atom. The zero-order chi connectivity index (χ0) is 14.3. The van der Waals surface area contributed by atoms with Crippen molar-refractivity contribution in [1.29, 1.82) is 0 Å². The van der Waals surface area contributed by atoms with Crippen molar-refractivity contribution < 1.29 is 4.79 Å². The molecule has 1 rings (SSSR count). The Balaban J connectivity index is 2.48. The minimum Gasteiger partial charge on any atom is -0.342 e. The van der Waals surface area contributed by atoms with E-state index in [4.69, 9.17) is 5.73 Å². The molecule has 1 aliphatic rings. The quantitative estimate of drug-likeness (QED) is 0.752. The van der Waals surface area contributed by atoms with Crippen LogP contribution in [0.15, 0.2) is 0 Å². The fourth-order valence-corrected chi connectivity index (χ4v) is 2.90. The van der Waals surface area contributed by atoms with Gasteiger partial charge in [0.15, 0.2) is 0 Å². The molecule has 0 aromatic heterocycles. The van der Waals surface area contributed by atoms with Crippen LogP contribution in [-0.4, -0.2) is 30.4 Å². The van der Waals surface area contributed by atoms with E-state index in [0.717, 1.165) is 19.5 Å². The third kappa shape index (κ3) is 5.94. The molecule has 3 nitrogen and oxygen atoms in total. The van der Waals surface area contributed by atoms with Gasteiger partial charge in [0.05, 0.1) is 0 Å². The summed E-state index contributed by atoms with van der Waals surface area (Å²) in [7, 11) is 0. The molecule has 0 unspecified atom stereocenters. The Kier molecular flexibility index (Phi) is 6.84. The summed E-state index contributed by atoms with van der Waals surface area (Å²) < 4.78 is 0. The SMILES string of the molecule is CCN(CC(C)(C)CN)C(=O)CC1CCCCCC1. The number of nitrogens with zero attached hydrogens (tertiary/aromatic N) is 1. The van der Waals surface area contributed by atoms with Gasteiger partial charge in [0, 0.05) is 19.5 Å². The fraction of sp³-hybridized carbons (Fsp3) is 0.938. The Morgan fingerprint density at radius 1 is 1.21 bits per heavy atom. The van der Waals surface area contributed by atoms with Crippen LogP contribution in [0.4, 0.5) is 0 Å². The largest absolute Gasteiger partial charge is 0.342 e. The summed E-state index contributed by atoms with van der Waals surface area (Å²) in [5, 5.41) is 0. The first-order valence-corrected chi connectivity index (χ1v) is 7.96. The van der Waals surface area contributed by atoms with Crippen LogP contribution in [0.2, 0.25) is 0 Å². The summed E-state index contributed by atoms with van der Waals surface area (Å²) in [5.74, 6) is 0.945. The van der Waals surface area contributed by atoms with Crippen LogP contribution < -0.4 is 5.73 Å². The lowest BCUT2D eigenvalue weighted by Crippen LogP contribution is -2.42. The van der Waals surface area contributed by atoms with Crippen molar-refractivity contribution in [2.45, 2.75) is 65.7 Å². The van der Waals surface area contributed by atoms with Crippen LogP contribution >= 0.6 is 0 Å². The highest BCUT2D eigenvalue weighted by molar-refractivity contribution is 5.76. The molecule has 1 fully saturated rings. The van der Waals surface area contributed by atoms with Gasteiger partial charge in [0.2, 0.25) is 5.91 Å². The maximum absolute atomic E-state index is 12.4. The van der Waals surface area contributed by atoms with E-state index in [1.807, 2.05) is 4.90 Å². The number of rotatable bonds is 6. The maximum Gasteiger partial charge on any atom is 0.222 e. The standard InChI is InChI=1S/C16H32N2O/c1-4-18(13-16(2,3)12-17)15(19)11-14-9-7-5-6-8-10-14/h14H,4-13,17H2,1-3H3. The van der Waals surface area contributed by atoms with E-state index in [0.29, 0.717) is 18.4 Å². The number of hydrogen-bond acceptors (Lipinski definition) is 2. The lowest BCUT2D eigenvalue weighted by Gasteiger charge is -2.32. The highest BCUT2D eigenvalue weighted by Crippen LogP contribution is 2.26. The smallest absolute Gasteiger partial charge is 0.222 e. The van der Waals surface area contributed by atoms with Crippen molar-refractivity contribution in [1.82, 2.24) is 4.90 Å². The van der Waals surface area contributed by atoms with Gasteiger partial charge in [0.25, 0.3) is 0 Å². The van der Waals surface area contributed by atoms with Crippen LogP contribution in [0, 0.1) is 11.3 Å². The monoisotopic (exact) mass is 268 g/mol. The van der Waals surface area contributed by atoms with Gasteiger partial charge < -0.3 is 10.6 Å². The zero-order valence-corrected chi connectivity index (χ0v) is 13.1. The topological polar surface area (TPSA) is 46.3 Å². The Morgan fingerprint density at radius 3 is 2.26 bits per heavy atom. The predicted octanol–water partition coefficient (Wildman–Crippen LogP) is 3.18. The van der Waals surface area contributed by atoms with Crippen LogP contribution in [0.25, 0.3) is 0 Å². The van der Waals surface area contributed by atoms with Crippen molar-refractivity contribution in [3.05, 3.63) is 0 Å². The average Bonchev–Trinajstić information content (AvgIpc) is 2.64. The summed E-state index contributed by atoms with van der Waals surface area (Å²) in [5.41, 5.74) is 5.80. The molecule has 1 saturated carbocycles. The summed E-state index contributed by atoms with van der Waals surface area (Å²) in [6, 6.07) is 0. The highest BCUT2D eigenvalue weighted by Gasteiger charge is 2.24. The number of carbonyl (C=O) groups is 1. The summed E-state index contributed by atoms with van der Waals surface area (Å²) in [6.45, 7) is 8.54. The summed E-state index contributed by atoms with van der Waals surface area (Å²) in [4.78, 5) is 14.4. The van der Waals surface area contributed by atoms with Gasteiger partial charge in [-0.1, -0.05) is 39.5 Å². The first kappa shape index (κ1) is 16.5. The normalized spacial score (nSPS) is 18.1. The third-order valence-electron chi connectivity index (χ3n) is 4.34. The lowest BCUT2D eigenvalue weighted by atomic mass is 9.91. The molecule has 0 aliphatic heterocycles. The molecule has 19 heavy (non-hydrogen) atoms. The molecule has 3 heteroatoms. The van der Waals surface area contributed by atoms with E-state index in [9.17, 15) is 4.79 Å². The first-order valence-electron chi connectivity index (χ1n) is 7.96. The van der Waals surface area contributed by atoms with Gasteiger partial charge in [-0.3, -0.25) is 4.79 Å². The fourth-order valence-electron chi connectivity index (χ4n) is 2.90. The number of carbonyl (C=O) groups excluding carboxylic acids is 1. The van der Waals surface area contributed by atoms with Crippen LogP contribution in [0.1, 0.15) is 65.7 Å². The van der Waals surface area contributed by atoms with E-state index in [1.165, 1.54) is 38.5 Å². The van der Waals surface area contributed by atoms with Crippen molar-refractivity contribution in [2.24, 2.45) is 17.1 Å². The molecule has 0 saturated heterocycles. The summed E-state index contributed by atoms with van der Waals surface area (Å²) >= 11 is 0. The average molecular weight is 268 g/mol. The van der Waals surface area contributed by atoms with E-state index in [1.54, 1.807) is 0 Å². The van der Waals surface area contributed by atoms with Crippen LogP contribution in [-0.2, 0) is 4.79 Å². The van der Waals surface area contributed by atoms with E-state index < -0.39 is 0 Å². The first-order chi connectivity index (χ1) is 8.98. The van der Waals surface area contributed by atoms with Gasteiger partial charge in [-0.2, -0.15) is 0 Å². The van der Waals surface area contributed by atoms with Gasteiger partial charge in [-0.25, -0.2) is 0 Å². The van der Waals surface area contributed by atoms with Gasteiger partial charge >= 0.3 is 0 Å². The predicted molar refractivity (Wildman–Crippen MR) is 80.9 cm³/mol. The molecule has 1 aliphatic carbocycles. The Bertz CT molecular complexity index is 268. The molecule has 0 atom stereocenters. The summed E-state index contributed by atoms with van der Waals surface area (Å²) in [6.07, 6.45) is 8.53. The third-order valence-corrected chi connectivity index (χ3v) is 4.34. The molecule has 112 valence electrons. The maximum atomic E-state index is 12.4. The molecule has 0 spiro atoms. The number of nitrogens with two attached hydrogens (primary N) is 1. The number of hydrogen-bond donors (Lipinski definition) is 1. The zero-order valence-electron chi connectivity index (χ0n) is 13.1. The second-order valence-electron chi connectivity index (χ2n) is 6.84. The van der Waals surface area contributed by atoms with E-state index >= 15 is 0 Å². The van der Waals surface area contributed by atoms with Crippen molar-refractivity contribution >= 4 is 5.91 Å². The molecule has 0 bridgehead atoms. The molecular weight excluding hydrogens is 236 g/mol. The van der Waals surface area contributed by atoms with E-state index in [2.05, 4.69) is 20.8 Å². The Hall–Kier alpha value is -0.570.